The van der Waals surface area contributed by atoms with Crippen LogP contribution in [0.2, 0.25) is 0 Å². The third-order valence-corrected chi connectivity index (χ3v) is 3.43. The lowest BCUT2D eigenvalue weighted by Crippen LogP contribution is -2.44. The molecule has 1 fully saturated rings. The van der Waals surface area contributed by atoms with Crippen LogP contribution >= 0.6 is 11.3 Å². The molecule has 1 aliphatic carbocycles. The van der Waals surface area contributed by atoms with Crippen LogP contribution in [0.25, 0.3) is 0 Å². The fourth-order valence-electron chi connectivity index (χ4n) is 1.70. The molecule has 0 amide bonds. The van der Waals surface area contributed by atoms with Crippen LogP contribution in [0.4, 0.5) is 5.13 Å². The molecule has 1 aromatic rings. The Balaban J connectivity index is 1.84. The lowest BCUT2D eigenvalue weighted by Gasteiger charge is -2.32. The van der Waals surface area contributed by atoms with Gasteiger partial charge in [0.2, 0.25) is 5.13 Å². The van der Waals surface area contributed by atoms with Crippen LogP contribution in [0.5, 0.6) is 0 Å². The SMILES string of the molecule is CC(C)Cc1nnc(NC2CC(N)C2)s1. The number of aromatic nitrogens is 2. The molecule has 1 saturated carbocycles. The summed E-state index contributed by atoms with van der Waals surface area (Å²) in [7, 11) is 0. The highest BCUT2D eigenvalue weighted by Gasteiger charge is 2.26. The fraction of sp³-hybridized carbons (Fsp3) is 0.800. The van der Waals surface area contributed by atoms with E-state index >= 15 is 0 Å². The van der Waals surface area contributed by atoms with Crippen molar-refractivity contribution in [2.24, 2.45) is 11.7 Å². The van der Waals surface area contributed by atoms with Crippen molar-refractivity contribution in [3.63, 3.8) is 0 Å². The summed E-state index contributed by atoms with van der Waals surface area (Å²) in [6, 6.07) is 0.894. The zero-order chi connectivity index (χ0) is 10.8. The van der Waals surface area contributed by atoms with Gasteiger partial charge in [0, 0.05) is 18.5 Å². The van der Waals surface area contributed by atoms with Gasteiger partial charge in [-0.05, 0) is 18.8 Å². The Morgan fingerprint density at radius 3 is 2.80 bits per heavy atom. The van der Waals surface area contributed by atoms with Crippen molar-refractivity contribution in [1.29, 1.82) is 0 Å². The standard InChI is InChI=1S/C10H18N4S/c1-6(2)3-9-13-14-10(15-9)12-8-4-7(11)5-8/h6-8H,3-5,11H2,1-2H3,(H,12,14). The minimum atomic E-state index is 0.380. The molecule has 0 spiro atoms. The smallest absolute Gasteiger partial charge is 0.205 e. The second-order valence-electron chi connectivity index (χ2n) is 4.67. The highest BCUT2D eigenvalue weighted by atomic mass is 32.1. The van der Waals surface area contributed by atoms with Crippen molar-refractivity contribution >= 4 is 16.5 Å². The van der Waals surface area contributed by atoms with E-state index in [1.807, 2.05) is 0 Å². The van der Waals surface area contributed by atoms with Gasteiger partial charge in [-0.2, -0.15) is 0 Å². The normalized spacial score (nSPS) is 25.3. The van der Waals surface area contributed by atoms with E-state index in [-0.39, 0.29) is 0 Å². The van der Waals surface area contributed by atoms with Crippen molar-refractivity contribution in [2.75, 3.05) is 5.32 Å². The van der Waals surface area contributed by atoms with Gasteiger partial charge >= 0.3 is 0 Å². The lowest BCUT2D eigenvalue weighted by atomic mass is 9.88. The molecule has 0 radical (unpaired) electrons. The van der Waals surface area contributed by atoms with E-state index in [9.17, 15) is 0 Å². The Morgan fingerprint density at radius 1 is 1.47 bits per heavy atom. The zero-order valence-electron chi connectivity index (χ0n) is 9.23. The molecule has 1 aliphatic rings. The van der Waals surface area contributed by atoms with Gasteiger partial charge in [0.05, 0.1) is 0 Å². The van der Waals surface area contributed by atoms with Crippen LogP contribution in [0.1, 0.15) is 31.7 Å². The summed E-state index contributed by atoms with van der Waals surface area (Å²) in [5, 5.41) is 13.7. The third-order valence-electron chi connectivity index (χ3n) is 2.55. The van der Waals surface area contributed by atoms with E-state index in [0.29, 0.717) is 18.0 Å². The summed E-state index contributed by atoms with van der Waals surface area (Å²) in [6.07, 6.45) is 3.13. The molecule has 4 nitrogen and oxygen atoms in total. The van der Waals surface area contributed by atoms with E-state index in [2.05, 4.69) is 29.4 Å². The second kappa shape index (κ2) is 4.45. The molecular formula is C10H18N4S. The van der Waals surface area contributed by atoms with Crippen LogP contribution in [-0.2, 0) is 6.42 Å². The Hall–Kier alpha value is -0.680. The molecule has 3 N–H and O–H groups in total. The Bertz CT molecular complexity index is 317. The average molecular weight is 226 g/mol. The summed E-state index contributed by atoms with van der Waals surface area (Å²) in [5.74, 6) is 0.642. The first-order chi connectivity index (χ1) is 7.13. The number of nitrogens with two attached hydrogens (primary N) is 1. The molecule has 1 heterocycles. The highest BCUT2D eigenvalue weighted by molar-refractivity contribution is 7.15. The topological polar surface area (TPSA) is 63.8 Å². The minimum absolute atomic E-state index is 0.380. The van der Waals surface area contributed by atoms with Crippen molar-refractivity contribution in [3.05, 3.63) is 5.01 Å². The zero-order valence-corrected chi connectivity index (χ0v) is 10.0. The predicted octanol–water partition coefficient (Wildman–Crippen LogP) is 1.64. The Morgan fingerprint density at radius 2 is 2.20 bits per heavy atom. The number of rotatable bonds is 4. The molecule has 0 unspecified atom stereocenters. The summed E-state index contributed by atoms with van der Waals surface area (Å²) in [5.41, 5.74) is 5.72. The van der Waals surface area contributed by atoms with Gasteiger partial charge in [-0.1, -0.05) is 25.2 Å². The van der Waals surface area contributed by atoms with Crippen molar-refractivity contribution < 1.29 is 0 Å². The Labute approximate surface area is 94.3 Å². The molecule has 0 aromatic carbocycles. The molecule has 5 heteroatoms. The monoisotopic (exact) mass is 226 g/mol. The summed E-state index contributed by atoms with van der Waals surface area (Å²) >= 11 is 1.67. The van der Waals surface area contributed by atoms with E-state index in [4.69, 9.17) is 5.73 Å². The van der Waals surface area contributed by atoms with Crippen LogP contribution in [0.15, 0.2) is 0 Å². The van der Waals surface area contributed by atoms with E-state index in [1.165, 1.54) is 0 Å². The van der Waals surface area contributed by atoms with Crippen molar-refractivity contribution in [3.8, 4) is 0 Å². The van der Waals surface area contributed by atoms with Gasteiger partial charge in [0.1, 0.15) is 5.01 Å². The number of anilines is 1. The van der Waals surface area contributed by atoms with Crippen molar-refractivity contribution in [2.45, 2.75) is 45.2 Å². The van der Waals surface area contributed by atoms with Gasteiger partial charge < -0.3 is 11.1 Å². The van der Waals surface area contributed by atoms with Crippen LogP contribution in [0, 0.1) is 5.92 Å². The van der Waals surface area contributed by atoms with Gasteiger partial charge in [-0.15, -0.1) is 10.2 Å². The number of hydrogen-bond acceptors (Lipinski definition) is 5. The van der Waals surface area contributed by atoms with Gasteiger partial charge in [0.15, 0.2) is 0 Å². The first-order valence-electron chi connectivity index (χ1n) is 5.48. The molecule has 15 heavy (non-hydrogen) atoms. The number of nitrogens with one attached hydrogen (secondary N) is 1. The van der Waals surface area contributed by atoms with Gasteiger partial charge in [-0.3, -0.25) is 0 Å². The molecule has 1 aromatic heterocycles. The number of nitrogens with zero attached hydrogens (tertiary/aromatic N) is 2. The molecule has 0 bridgehead atoms. The van der Waals surface area contributed by atoms with Gasteiger partial charge in [0.25, 0.3) is 0 Å². The summed E-state index contributed by atoms with van der Waals surface area (Å²) < 4.78 is 0. The van der Waals surface area contributed by atoms with E-state index in [1.54, 1.807) is 11.3 Å². The molecule has 0 atom stereocenters. The fourth-order valence-corrected chi connectivity index (χ4v) is 2.73. The van der Waals surface area contributed by atoms with Crippen LogP contribution < -0.4 is 11.1 Å². The predicted molar refractivity (Wildman–Crippen MR) is 63.1 cm³/mol. The van der Waals surface area contributed by atoms with Crippen molar-refractivity contribution in [1.82, 2.24) is 10.2 Å². The molecule has 0 aliphatic heterocycles. The summed E-state index contributed by atoms with van der Waals surface area (Å²) in [4.78, 5) is 0. The van der Waals surface area contributed by atoms with Gasteiger partial charge in [-0.25, -0.2) is 0 Å². The summed E-state index contributed by atoms with van der Waals surface area (Å²) in [6.45, 7) is 4.39. The highest BCUT2D eigenvalue weighted by Crippen LogP contribution is 2.25. The van der Waals surface area contributed by atoms with E-state index in [0.717, 1.165) is 29.4 Å². The third kappa shape index (κ3) is 2.89. The maximum Gasteiger partial charge on any atom is 0.205 e. The molecule has 0 saturated heterocycles. The number of hydrogen-bond donors (Lipinski definition) is 2. The van der Waals surface area contributed by atoms with E-state index < -0.39 is 0 Å². The molecular weight excluding hydrogens is 208 g/mol. The van der Waals surface area contributed by atoms with Crippen LogP contribution in [0.3, 0.4) is 0 Å². The first kappa shape index (κ1) is 10.8. The molecule has 84 valence electrons. The van der Waals surface area contributed by atoms with Crippen LogP contribution in [-0.4, -0.2) is 22.3 Å². The molecule has 2 rings (SSSR count). The lowest BCUT2D eigenvalue weighted by molar-refractivity contribution is 0.373. The Kier molecular flexibility index (Phi) is 3.21. The first-order valence-corrected chi connectivity index (χ1v) is 6.29. The second-order valence-corrected chi connectivity index (χ2v) is 5.73. The largest absolute Gasteiger partial charge is 0.357 e. The average Bonchev–Trinajstić information content (AvgIpc) is 2.48. The maximum atomic E-state index is 5.72. The maximum absolute atomic E-state index is 5.72. The minimum Gasteiger partial charge on any atom is -0.357 e. The quantitative estimate of drug-likeness (QED) is 0.819.